The van der Waals surface area contributed by atoms with Crippen molar-refractivity contribution < 1.29 is 0 Å². The molecule has 20 heavy (non-hydrogen) atoms. The van der Waals surface area contributed by atoms with Crippen LogP contribution in [0.5, 0.6) is 0 Å². The molecule has 0 saturated heterocycles. The molecule has 0 fully saturated rings. The van der Waals surface area contributed by atoms with Gasteiger partial charge in [-0.25, -0.2) is 0 Å². The Hall–Kier alpha value is -0.860. The summed E-state index contributed by atoms with van der Waals surface area (Å²) >= 11 is 0. The summed E-state index contributed by atoms with van der Waals surface area (Å²) in [5.41, 5.74) is 3.05. The lowest BCUT2D eigenvalue weighted by Gasteiger charge is -2.40. The minimum Gasteiger partial charge on any atom is -0.309 e. The Morgan fingerprint density at radius 2 is 2.05 bits per heavy atom. The molecule has 3 atom stereocenters. The molecule has 1 aliphatic rings. The molecule has 0 aromatic heterocycles. The van der Waals surface area contributed by atoms with Crippen molar-refractivity contribution in [1.29, 1.82) is 0 Å². The van der Waals surface area contributed by atoms with Crippen molar-refractivity contribution >= 4 is 0 Å². The Morgan fingerprint density at radius 1 is 1.30 bits per heavy atom. The topological polar surface area (TPSA) is 15.3 Å². The van der Waals surface area contributed by atoms with E-state index in [1.807, 2.05) is 0 Å². The molecule has 2 nitrogen and oxygen atoms in total. The van der Waals surface area contributed by atoms with Crippen molar-refractivity contribution in [2.45, 2.75) is 52.1 Å². The first kappa shape index (κ1) is 15.5. The number of likely N-dealkylation sites (N-methyl/N-ethyl adjacent to an activating group) is 2. The van der Waals surface area contributed by atoms with Crippen LogP contribution in [-0.2, 0) is 6.42 Å². The molecule has 3 unspecified atom stereocenters. The zero-order valence-electron chi connectivity index (χ0n) is 13.5. The second-order valence-corrected chi connectivity index (χ2v) is 6.29. The molecule has 0 saturated carbocycles. The number of fused-ring (bicyclic) bond motifs is 1. The van der Waals surface area contributed by atoms with Gasteiger partial charge in [-0.3, -0.25) is 0 Å². The zero-order valence-corrected chi connectivity index (χ0v) is 13.5. The molecule has 2 heteroatoms. The number of nitrogens with one attached hydrogen (secondary N) is 1. The van der Waals surface area contributed by atoms with Crippen LogP contribution in [0.1, 0.15) is 50.8 Å². The van der Waals surface area contributed by atoms with Gasteiger partial charge in [0, 0.05) is 18.6 Å². The first-order valence-corrected chi connectivity index (χ1v) is 8.18. The maximum Gasteiger partial charge on any atom is 0.0480 e. The van der Waals surface area contributed by atoms with Crippen molar-refractivity contribution in [2.24, 2.45) is 5.92 Å². The summed E-state index contributed by atoms with van der Waals surface area (Å²) in [7, 11) is 2.30. The highest BCUT2D eigenvalue weighted by molar-refractivity contribution is 5.34. The fraction of sp³-hybridized carbons (Fsp3) is 0.667. The molecule has 0 radical (unpaired) electrons. The monoisotopic (exact) mass is 274 g/mol. The third-order valence-electron chi connectivity index (χ3n) is 4.77. The summed E-state index contributed by atoms with van der Waals surface area (Å²) in [6.07, 6.45) is 3.74. The summed E-state index contributed by atoms with van der Waals surface area (Å²) < 4.78 is 0. The van der Waals surface area contributed by atoms with Crippen LogP contribution in [0.25, 0.3) is 0 Å². The van der Waals surface area contributed by atoms with E-state index in [0.29, 0.717) is 12.1 Å². The summed E-state index contributed by atoms with van der Waals surface area (Å²) in [5.74, 6) is 0.777. The Bertz CT molecular complexity index is 416. The van der Waals surface area contributed by atoms with Crippen LogP contribution in [0, 0.1) is 5.92 Å². The fourth-order valence-electron chi connectivity index (χ4n) is 3.44. The van der Waals surface area contributed by atoms with Crippen LogP contribution in [0.2, 0.25) is 0 Å². The smallest absolute Gasteiger partial charge is 0.0480 e. The molecule has 0 bridgehead atoms. The molecule has 1 aromatic carbocycles. The first-order valence-electron chi connectivity index (χ1n) is 8.18. The van der Waals surface area contributed by atoms with Crippen molar-refractivity contribution in [1.82, 2.24) is 10.2 Å². The van der Waals surface area contributed by atoms with Crippen LogP contribution in [0.3, 0.4) is 0 Å². The third-order valence-corrected chi connectivity index (χ3v) is 4.77. The molecular weight excluding hydrogens is 244 g/mol. The Balaban J connectivity index is 2.17. The number of hydrogen-bond acceptors (Lipinski definition) is 2. The van der Waals surface area contributed by atoms with E-state index >= 15 is 0 Å². The SMILES string of the molecule is CCNC1c2ccccc2CCC1N(C)CC(C)CC. The number of aryl methyl sites for hydroxylation is 1. The molecule has 1 N–H and O–H groups in total. The van der Waals surface area contributed by atoms with E-state index in [1.54, 1.807) is 0 Å². The van der Waals surface area contributed by atoms with Crippen LogP contribution in [0.4, 0.5) is 0 Å². The van der Waals surface area contributed by atoms with Gasteiger partial charge < -0.3 is 10.2 Å². The molecule has 0 aliphatic heterocycles. The predicted octanol–water partition coefficient (Wildman–Crippen LogP) is 3.63. The third kappa shape index (κ3) is 3.42. The van der Waals surface area contributed by atoms with Crippen molar-refractivity contribution in [3.8, 4) is 0 Å². The van der Waals surface area contributed by atoms with E-state index in [4.69, 9.17) is 0 Å². The fourth-order valence-corrected chi connectivity index (χ4v) is 3.44. The normalized spacial score (nSPS) is 23.6. The van der Waals surface area contributed by atoms with E-state index in [0.717, 1.165) is 12.5 Å². The van der Waals surface area contributed by atoms with Crippen molar-refractivity contribution in [3.63, 3.8) is 0 Å². The largest absolute Gasteiger partial charge is 0.309 e. The lowest BCUT2D eigenvalue weighted by atomic mass is 9.83. The minimum atomic E-state index is 0.485. The van der Waals surface area contributed by atoms with Gasteiger partial charge in [-0.2, -0.15) is 0 Å². The molecule has 0 heterocycles. The van der Waals surface area contributed by atoms with Gasteiger partial charge in [0.05, 0.1) is 0 Å². The molecule has 0 amide bonds. The highest BCUT2D eigenvalue weighted by Gasteiger charge is 2.31. The van der Waals surface area contributed by atoms with Gasteiger partial charge in [0.1, 0.15) is 0 Å². The predicted molar refractivity (Wildman–Crippen MR) is 87.1 cm³/mol. The number of rotatable bonds is 6. The second-order valence-electron chi connectivity index (χ2n) is 6.29. The van der Waals surface area contributed by atoms with Gasteiger partial charge in [0.15, 0.2) is 0 Å². The highest BCUT2D eigenvalue weighted by Crippen LogP contribution is 2.32. The van der Waals surface area contributed by atoms with Crippen LogP contribution < -0.4 is 5.32 Å². The maximum atomic E-state index is 3.72. The van der Waals surface area contributed by atoms with E-state index < -0.39 is 0 Å². The summed E-state index contributed by atoms with van der Waals surface area (Å²) in [5, 5.41) is 3.72. The number of hydrogen-bond donors (Lipinski definition) is 1. The number of nitrogens with zero attached hydrogens (tertiary/aromatic N) is 1. The first-order chi connectivity index (χ1) is 9.67. The molecular formula is C18H30N2. The van der Waals surface area contributed by atoms with Crippen LogP contribution in [0.15, 0.2) is 24.3 Å². The van der Waals surface area contributed by atoms with Gasteiger partial charge >= 0.3 is 0 Å². The molecule has 112 valence electrons. The van der Waals surface area contributed by atoms with Crippen molar-refractivity contribution in [2.75, 3.05) is 20.1 Å². The summed E-state index contributed by atoms with van der Waals surface area (Å²) in [6, 6.07) is 10.1. The van der Waals surface area contributed by atoms with Crippen molar-refractivity contribution in [3.05, 3.63) is 35.4 Å². The van der Waals surface area contributed by atoms with Gasteiger partial charge in [-0.1, -0.05) is 51.5 Å². The van der Waals surface area contributed by atoms with Crippen LogP contribution >= 0.6 is 0 Å². The summed E-state index contributed by atoms with van der Waals surface area (Å²) in [4.78, 5) is 2.58. The minimum absolute atomic E-state index is 0.485. The Labute approximate surface area is 124 Å². The molecule has 1 aliphatic carbocycles. The highest BCUT2D eigenvalue weighted by atomic mass is 15.2. The van der Waals surface area contributed by atoms with E-state index in [1.165, 1.54) is 36.9 Å². The zero-order chi connectivity index (χ0) is 14.5. The van der Waals surface area contributed by atoms with E-state index in [2.05, 4.69) is 62.3 Å². The standard InChI is InChI=1S/C18H30N2/c1-5-14(3)13-20(4)17-12-11-15-9-7-8-10-16(15)18(17)19-6-2/h7-10,14,17-19H,5-6,11-13H2,1-4H3. The Morgan fingerprint density at radius 3 is 2.75 bits per heavy atom. The maximum absolute atomic E-state index is 3.72. The lowest BCUT2D eigenvalue weighted by Crippen LogP contribution is -2.46. The average molecular weight is 274 g/mol. The van der Waals surface area contributed by atoms with Gasteiger partial charge in [0.2, 0.25) is 0 Å². The van der Waals surface area contributed by atoms with Gasteiger partial charge in [0.25, 0.3) is 0 Å². The van der Waals surface area contributed by atoms with E-state index in [-0.39, 0.29) is 0 Å². The molecule has 0 spiro atoms. The van der Waals surface area contributed by atoms with Gasteiger partial charge in [-0.15, -0.1) is 0 Å². The average Bonchev–Trinajstić information content (AvgIpc) is 2.47. The second kappa shape index (κ2) is 7.24. The van der Waals surface area contributed by atoms with Gasteiger partial charge in [-0.05, 0) is 43.5 Å². The summed E-state index contributed by atoms with van der Waals surface area (Å²) in [6.45, 7) is 9.09. The van der Waals surface area contributed by atoms with E-state index in [9.17, 15) is 0 Å². The van der Waals surface area contributed by atoms with Crippen LogP contribution in [-0.4, -0.2) is 31.1 Å². The Kier molecular flexibility index (Phi) is 5.62. The molecule has 2 rings (SSSR count). The molecule has 1 aromatic rings. The lowest BCUT2D eigenvalue weighted by molar-refractivity contribution is 0.153. The number of benzene rings is 1. The quantitative estimate of drug-likeness (QED) is 0.852.